The van der Waals surface area contributed by atoms with Crippen molar-refractivity contribution in [3.8, 4) is 0 Å². The van der Waals surface area contributed by atoms with Gasteiger partial charge in [-0.1, -0.05) is 6.07 Å². The molecular weight excluding hydrogens is 156 g/mol. The van der Waals surface area contributed by atoms with E-state index < -0.39 is 6.10 Å². The van der Waals surface area contributed by atoms with Crippen LogP contribution in [0.1, 0.15) is 0 Å². The van der Waals surface area contributed by atoms with Gasteiger partial charge in [0, 0.05) is 6.20 Å². The molecule has 66 valence electrons. The number of aliphatic hydroxyl groups is 2. The third kappa shape index (κ3) is 2.18. The summed E-state index contributed by atoms with van der Waals surface area (Å²) in [5.41, 5.74) is 0.324. The summed E-state index contributed by atoms with van der Waals surface area (Å²) in [6.45, 7) is -0.0164. The molecule has 1 heterocycles. The van der Waals surface area contributed by atoms with Crippen molar-refractivity contribution in [3.05, 3.63) is 29.9 Å². The molecule has 1 aromatic rings. The van der Waals surface area contributed by atoms with Crippen molar-refractivity contribution in [1.29, 1.82) is 5.41 Å². The maximum absolute atomic E-state index is 9.08. The largest absolute Gasteiger partial charge is 0.394 e. The Hall–Kier alpha value is -1.13. The highest BCUT2D eigenvalue weighted by Crippen LogP contribution is 1.87. The Labute approximate surface area is 70.2 Å². The number of rotatable bonds is 3. The van der Waals surface area contributed by atoms with Gasteiger partial charge >= 0.3 is 0 Å². The highest BCUT2D eigenvalue weighted by molar-refractivity contribution is 4.91. The van der Waals surface area contributed by atoms with Crippen molar-refractivity contribution in [1.82, 2.24) is 4.57 Å². The van der Waals surface area contributed by atoms with Crippen molar-refractivity contribution in [2.24, 2.45) is 0 Å². The molecule has 1 unspecified atom stereocenters. The summed E-state index contributed by atoms with van der Waals surface area (Å²) in [6.07, 6.45) is 0.905. The summed E-state index contributed by atoms with van der Waals surface area (Å²) < 4.78 is 1.57. The summed E-state index contributed by atoms with van der Waals surface area (Å²) >= 11 is 0. The molecular formula is C8H12N2O2. The van der Waals surface area contributed by atoms with E-state index in [4.69, 9.17) is 15.6 Å². The second kappa shape index (κ2) is 4.04. The zero-order valence-electron chi connectivity index (χ0n) is 6.64. The Balaban J connectivity index is 2.76. The third-order valence-electron chi connectivity index (χ3n) is 1.56. The van der Waals surface area contributed by atoms with E-state index in [1.165, 1.54) is 0 Å². The topological polar surface area (TPSA) is 69.2 Å². The molecule has 0 saturated carbocycles. The van der Waals surface area contributed by atoms with Crippen molar-refractivity contribution in [2.75, 3.05) is 6.61 Å². The zero-order valence-corrected chi connectivity index (χ0v) is 6.64. The molecule has 1 atom stereocenters. The molecule has 0 bridgehead atoms. The lowest BCUT2D eigenvalue weighted by atomic mass is 10.3. The Bertz CT molecular complexity index is 295. The van der Waals surface area contributed by atoms with Gasteiger partial charge in [-0.2, -0.15) is 0 Å². The Morgan fingerprint density at radius 1 is 1.50 bits per heavy atom. The van der Waals surface area contributed by atoms with Gasteiger partial charge in [0.1, 0.15) is 5.49 Å². The van der Waals surface area contributed by atoms with E-state index >= 15 is 0 Å². The van der Waals surface area contributed by atoms with Crippen LogP contribution in [0.25, 0.3) is 0 Å². The summed E-state index contributed by atoms with van der Waals surface area (Å²) in [5.74, 6) is 0. The molecule has 1 rings (SSSR count). The fraction of sp³-hybridized carbons (Fsp3) is 0.375. The molecule has 4 nitrogen and oxygen atoms in total. The third-order valence-corrected chi connectivity index (χ3v) is 1.56. The molecule has 3 N–H and O–H groups in total. The van der Waals surface area contributed by atoms with Crippen LogP contribution in [-0.2, 0) is 6.54 Å². The first-order chi connectivity index (χ1) is 5.74. The number of hydrogen-bond acceptors (Lipinski definition) is 3. The second-order valence-corrected chi connectivity index (χ2v) is 2.57. The van der Waals surface area contributed by atoms with Crippen molar-refractivity contribution < 1.29 is 10.2 Å². The van der Waals surface area contributed by atoms with E-state index in [1.807, 2.05) is 0 Å². The molecule has 0 fully saturated rings. The van der Waals surface area contributed by atoms with Crippen LogP contribution in [0.15, 0.2) is 24.4 Å². The molecule has 0 spiro atoms. The highest BCUT2D eigenvalue weighted by Gasteiger charge is 2.01. The van der Waals surface area contributed by atoms with Crippen LogP contribution in [0.5, 0.6) is 0 Å². The zero-order chi connectivity index (χ0) is 8.97. The van der Waals surface area contributed by atoms with E-state index in [-0.39, 0.29) is 13.2 Å². The van der Waals surface area contributed by atoms with Gasteiger partial charge in [-0.25, -0.2) is 0 Å². The summed E-state index contributed by atoms with van der Waals surface area (Å²) in [4.78, 5) is 0. The van der Waals surface area contributed by atoms with E-state index in [2.05, 4.69) is 0 Å². The van der Waals surface area contributed by atoms with Gasteiger partial charge in [-0.3, -0.25) is 5.41 Å². The average Bonchev–Trinajstić information content (AvgIpc) is 2.09. The van der Waals surface area contributed by atoms with Gasteiger partial charge in [0.25, 0.3) is 0 Å². The standard InChI is InChI=1S/C8H12N2O2/c9-8-3-1-2-4-10(8)5-7(12)6-11/h1-4,7,9,11-12H,5-6H2. The summed E-state index contributed by atoms with van der Waals surface area (Å²) in [6, 6.07) is 5.16. The normalized spacial score (nSPS) is 12.8. The predicted octanol–water partition coefficient (Wildman–Crippen LogP) is -0.679. The SMILES string of the molecule is N=c1ccccn1CC(O)CO. The molecule has 12 heavy (non-hydrogen) atoms. The maximum atomic E-state index is 9.08. The Kier molecular flexibility index (Phi) is 3.01. The fourth-order valence-electron chi connectivity index (χ4n) is 0.920. The van der Waals surface area contributed by atoms with Crippen LogP contribution >= 0.6 is 0 Å². The van der Waals surface area contributed by atoms with Crippen LogP contribution in [0.3, 0.4) is 0 Å². The summed E-state index contributed by atoms with van der Waals surface area (Å²) in [7, 11) is 0. The smallest absolute Gasteiger partial charge is 0.124 e. The quantitative estimate of drug-likeness (QED) is 0.559. The second-order valence-electron chi connectivity index (χ2n) is 2.57. The minimum atomic E-state index is -0.790. The first-order valence-corrected chi connectivity index (χ1v) is 3.73. The first-order valence-electron chi connectivity index (χ1n) is 3.73. The minimum Gasteiger partial charge on any atom is -0.394 e. The number of nitrogens with one attached hydrogen (secondary N) is 1. The molecule has 0 aliphatic rings. The molecule has 0 saturated heterocycles. The molecule has 0 radical (unpaired) electrons. The Morgan fingerprint density at radius 2 is 2.25 bits per heavy atom. The van der Waals surface area contributed by atoms with Crippen LogP contribution in [0, 0.1) is 5.41 Å². The van der Waals surface area contributed by atoms with E-state index in [0.29, 0.717) is 5.49 Å². The fourth-order valence-corrected chi connectivity index (χ4v) is 0.920. The van der Waals surface area contributed by atoms with Gasteiger partial charge in [0.15, 0.2) is 0 Å². The summed E-state index contributed by atoms with van der Waals surface area (Å²) in [5, 5.41) is 25.1. The van der Waals surface area contributed by atoms with Crippen LogP contribution < -0.4 is 5.49 Å². The molecule has 0 aliphatic heterocycles. The lowest BCUT2D eigenvalue weighted by molar-refractivity contribution is 0.0801. The van der Waals surface area contributed by atoms with Crippen molar-refractivity contribution in [2.45, 2.75) is 12.6 Å². The van der Waals surface area contributed by atoms with Gasteiger partial charge in [-0.15, -0.1) is 0 Å². The van der Waals surface area contributed by atoms with Crippen LogP contribution in [-0.4, -0.2) is 27.5 Å². The Morgan fingerprint density at radius 3 is 2.83 bits per heavy atom. The van der Waals surface area contributed by atoms with Gasteiger partial charge in [-0.05, 0) is 12.1 Å². The minimum absolute atomic E-state index is 0.260. The van der Waals surface area contributed by atoms with E-state index in [0.717, 1.165) is 0 Å². The van der Waals surface area contributed by atoms with E-state index in [1.54, 1.807) is 29.0 Å². The lowest BCUT2D eigenvalue weighted by Crippen LogP contribution is -2.27. The number of nitrogens with zero attached hydrogens (tertiary/aromatic N) is 1. The van der Waals surface area contributed by atoms with E-state index in [9.17, 15) is 0 Å². The van der Waals surface area contributed by atoms with Crippen molar-refractivity contribution in [3.63, 3.8) is 0 Å². The van der Waals surface area contributed by atoms with Gasteiger partial charge in [0.05, 0.1) is 19.3 Å². The number of aromatic nitrogens is 1. The lowest BCUT2D eigenvalue weighted by Gasteiger charge is -2.09. The molecule has 0 amide bonds. The van der Waals surface area contributed by atoms with Crippen molar-refractivity contribution >= 4 is 0 Å². The molecule has 0 aromatic carbocycles. The number of aliphatic hydroxyl groups excluding tert-OH is 2. The molecule has 1 aromatic heterocycles. The van der Waals surface area contributed by atoms with Gasteiger partial charge < -0.3 is 14.8 Å². The average molecular weight is 168 g/mol. The molecule has 4 heteroatoms. The first kappa shape index (κ1) is 8.96. The van der Waals surface area contributed by atoms with Crippen LogP contribution in [0.2, 0.25) is 0 Å². The molecule has 0 aliphatic carbocycles. The predicted molar refractivity (Wildman–Crippen MR) is 43.4 cm³/mol. The van der Waals surface area contributed by atoms with Crippen LogP contribution in [0.4, 0.5) is 0 Å². The monoisotopic (exact) mass is 168 g/mol. The van der Waals surface area contributed by atoms with Gasteiger partial charge in [0.2, 0.25) is 0 Å². The number of hydrogen-bond donors (Lipinski definition) is 3. The maximum Gasteiger partial charge on any atom is 0.124 e. The number of pyridine rings is 1. The highest BCUT2D eigenvalue weighted by atomic mass is 16.3.